The van der Waals surface area contributed by atoms with Crippen molar-refractivity contribution in [2.24, 2.45) is 0 Å². The van der Waals surface area contributed by atoms with Gasteiger partial charge in [-0.25, -0.2) is 0 Å². The molecule has 2 aromatic rings. The van der Waals surface area contributed by atoms with Gasteiger partial charge in [0.05, 0.1) is 0 Å². The highest BCUT2D eigenvalue weighted by molar-refractivity contribution is 5.60. The molecule has 0 heterocycles. The first-order valence-corrected chi connectivity index (χ1v) is 6.47. The molecular formula is C18H19N. The Morgan fingerprint density at radius 2 is 1.58 bits per heavy atom. The topological polar surface area (TPSA) is 12.0 Å². The maximum absolute atomic E-state index is 5.67. The summed E-state index contributed by atoms with van der Waals surface area (Å²) in [4.78, 5) is 0. The number of nitrogens with one attached hydrogen (secondary N) is 1. The monoisotopic (exact) mass is 249 g/mol. The Bertz CT molecular complexity index is 582. The molecule has 96 valence electrons. The van der Waals surface area contributed by atoms with Crippen LogP contribution in [0.4, 0.5) is 5.69 Å². The highest BCUT2D eigenvalue weighted by Gasteiger charge is 2.11. The van der Waals surface area contributed by atoms with Gasteiger partial charge >= 0.3 is 0 Å². The standard InChI is InChI=1S/C18H19N/c1-5-17(16-9-7-6-8-10-16)19-18-14(3)11-13(2)12-15(18)4/h1,6-12,17,19H,2-4H3. The van der Waals surface area contributed by atoms with Gasteiger partial charge in [0.1, 0.15) is 6.04 Å². The van der Waals surface area contributed by atoms with E-state index in [-0.39, 0.29) is 6.04 Å². The van der Waals surface area contributed by atoms with E-state index >= 15 is 0 Å². The molecule has 1 N–H and O–H groups in total. The predicted molar refractivity (Wildman–Crippen MR) is 82.3 cm³/mol. The number of terminal acetylenes is 1. The van der Waals surface area contributed by atoms with E-state index < -0.39 is 0 Å². The fourth-order valence-corrected chi connectivity index (χ4v) is 2.42. The van der Waals surface area contributed by atoms with E-state index in [2.05, 4.69) is 56.3 Å². The van der Waals surface area contributed by atoms with E-state index in [0.717, 1.165) is 11.3 Å². The molecule has 1 unspecified atom stereocenters. The van der Waals surface area contributed by atoms with E-state index in [4.69, 9.17) is 6.42 Å². The average Bonchev–Trinajstić information content (AvgIpc) is 2.39. The zero-order valence-corrected chi connectivity index (χ0v) is 11.7. The first-order valence-electron chi connectivity index (χ1n) is 6.47. The lowest BCUT2D eigenvalue weighted by Gasteiger charge is -2.19. The zero-order chi connectivity index (χ0) is 13.8. The van der Waals surface area contributed by atoms with Crippen LogP contribution in [0.1, 0.15) is 28.3 Å². The number of aryl methyl sites for hydroxylation is 3. The van der Waals surface area contributed by atoms with Crippen LogP contribution in [0.5, 0.6) is 0 Å². The van der Waals surface area contributed by atoms with Crippen LogP contribution < -0.4 is 5.32 Å². The smallest absolute Gasteiger partial charge is 0.113 e. The van der Waals surface area contributed by atoms with Gasteiger partial charge in [-0.15, -0.1) is 6.42 Å². The molecule has 19 heavy (non-hydrogen) atoms. The van der Waals surface area contributed by atoms with Crippen LogP contribution in [0, 0.1) is 33.1 Å². The lowest BCUT2D eigenvalue weighted by molar-refractivity contribution is 1.01. The van der Waals surface area contributed by atoms with Gasteiger partial charge in [0.2, 0.25) is 0 Å². The van der Waals surface area contributed by atoms with Crippen molar-refractivity contribution in [3.8, 4) is 12.3 Å². The fraction of sp³-hybridized carbons (Fsp3) is 0.222. The number of hydrogen-bond donors (Lipinski definition) is 1. The molecule has 2 rings (SSSR count). The van der Waals surface area contributed by atoms with E-state index in [1.807, 2.05) is 18.2 Å². The summed E-state index contributed by atoms with van der Waals surface area (Å²) < 4.78 is 0. The molecule has 1 nitrogen and oxygen atoms in total. The normalized spacial score (nSPS) is 11.7. The first-order chi connectivity index (χ1) is 9.11. The van der Waals surface area contributed by atoms with Crippen molar-refractivity contribution in [2.45, 2.75) is 26.8 Å². The van der Waals surface area contributed by atoms with E-state index in [1.165, 1.54) is 16.7 Å². The SMILES string of the molecule is C#CC(Nc1c(C)cc(C)cc1C)c1ccccc1. The van der Waals surface area contributed by atoms with E-state index in [9.17, 15) is 0 Å². The Labute approximate surface area is 115 Å². The van der Waals surface area contributed by atoms with Crippen molar-refractivity contribution < 1.29 is 0 Å². The summed E-state index contributed by atoms with van der Waals surface area (Å²) in [6.07, 6.45) is 5.67. The van der Waals surface area contributed by atoms with Crippen LogP contribution in [0.2, 0.25) is 0 Å². The van der Waals surface area contributed by atoms with Gasteiger partial charge < -0.3 is 5.32 Å². The molecule has 2 aromatic carbocycles. The molecule has 0 bridgehead atoms. The van der Waals surface area contributed by atoms with Crippen LogP contribution in [0.25, 0.3) is 0 Å². The van der Waals surface area contributed by atoms with Gasteiger partial charge in [-0.2, -0.15) is 0 Å². The molecule has 0 fully saturated rings. The predicted octanol–water partition coefficient (Wildman–Crippen LogP) is 4.40. The molecule has 0 spiro atoms. The Kier molecular flexibility index (Phi) is 3.92. The van der Waals surface area contributed by atoms with Crippen molar-refractivity contribution in [3.05, 3.63) is 64.7 Å². The number of benzene rings is 2. The quantitative estimate of drug-likeness (QED) is 0.795. The van der Waals surface area contributed by atoms with Crippen molar-refractivity contribution in [1.29, 1.82) is 0 Å². The van der Waals surface area contributed by atoms with Crippen LogP contribution >= 0.6 is 0 Å². The zero-order valence-electron chi connectivity index (χ0n) is 11.7. The molecule has 0 aliphatic rings. The van der Waals surface area contributed by atoms with Crippen molar-refractivity contribution >= 4 is 5.69 Å². The molecule has 1 heteroatoms. The highest BCUT2D eigenvalue weighted by Crippen LogP contribution is 2.26. The summed E-state index contributed by atoms with van der Waals surface area (Å²) in [6.45, 7) is 6.33. The highest BCUT2D eigenvalue weighted by atomic mass is 14.9. The van der Waals surface area contributed by atoms with Gasteiger partial charge in [0.15, 0.2) is 0 Å². The molecule has 0 aromatic heterocycles. The second-order valence-electron chi connectivity index (χ2n) is 4.93. The third-order valence-electron chi connectivity index (χ3n) is 3.27. The van der Waals surface area contributed by atoms with E-state index in [0.29, 0.717) is 0 Å². The third kappa shape index (κ3) is 2.98. The van der Waals surface area contributed by atoms with Crippen molar-refractivity contribution in [1.82, 2.24) is 0 Å². The van der Waals surface area contributed by atoms with Gasteiger partial charge in [0, 0.05) is 5.69 Å². The van der Waals surface area contributed by atoms with Crippen LogP contribution in [-0.4, -0.2) is 0 Å². The Hall–Kier alpha value is -2.20. The number of hydrogen-bond acceptors (Lipinski definition) is 1. The molecule has 0 amide bonds. The second kappa shape index (κ2) is 5.63. The average molecular weight is 249 g/mol. The van der Waals surface area contributed by atoms with Crippen LogP contribution in [0.3, 0.4) is 0 Å². The maximum Gasteiger partial charge on any atom is 0.113 e. The Morgan fingerprint density at radius 3 is 2.11 bits per heavy atom. The van der Waals surface area contributed by atoms with Crippen LogP contribution in [0.15, 0.2) is 42.5 Å². The minimum absolute atomic E-state index is 0.0960. The van der Waals surface area contributed by atoms with E-state index in [1.54, 1.807) is 0 Å². The lowest BCUT2D eigenvalue weighted by atomic mass is 10.0. The summed E-state index contributed by atoms with van der Waals surface area (Å²) in [5.74, 6) is 2.82. The summed E-state index contributed by atoms with van der Waals surface area (Å²) in [7, 11) is 0. The minimum atomic E-state index is -0.0960. The molecule has 0 saturated heterocycles. The largest absolute Gasteiger partial charge is 0.367 e. The maximum atomic E-state index is 5.67. The fourth-order valence-electron chi connectivity index (χ4n) is 2.42. The molecule has 0 aliphatic carbocycles. The van der Waals surface area contributed by atoms with Gasteiger partial charge in [0.25, 0.3) is 0 Å². The number of anilines is 1. The Morgan fingerprint density at radius 1 is 1.00 bits per heavy atom. The molecule has 1 atom stereocenters. The van der Waals surface area contributed by atoms with Gasteiger partial charge in [-0.05, 0) is 37.5 Å². The summed E-state index contributed by atoms with van der Waals surface area (Å²) in [5.41, 5.74) is 5.99. The lowest BCUT2D eigenvalue weighted by Crippen LogP contribution is -2.10. The molecule has 0 aliphatic heterocycles. The number of rotatable bonds is 3. The van der Waals surface area contributed by atoms with Gasteiger partial charge in [-0.1, -0.05) is 53.9 Å². The van der Waals surface area contributed by atoms with Crippen molar-refractivity contribution in [3.63, 3.8) is 0 Å². The molecular weight excluding hydrogens is 230 g/mol. The minimum Gasteiger partial charge on any atom is -0.367 e. The van der Waals surface area contributed by atoms with Crippen molar-refractivity contribution in [2.75, 3.05) is 5.32 Å². The van der Waals surface area contributed by atoms with Gasteiger partial charge in [-0.3, -0.25) is 0 Å². The second-order valence-corrected chi connectivity index (χ2v) is 4.93. The summed E-state index contributed by atoms with van der Waals surface area (Å²) in [6, 6.07) is 14.4. The molecule has 0 saturated carbocycles. The summed E-state index contributed by atoms with van der Waals surface area (Å²) in [5, 5.41) is 3.47. The molecule has 0 radical (unpaired) electrons. The third-order valence-corrected chi connectivity index (χ3v) is 3.27. The Balaban J connectivity index is 2.33. The summed E-state index contributed by atoms with van der Waals surface area (Å²) >= 11 is 0. The van der Waals surface area contributed by atoms with Crippen LogP contribution in [-0.2, 0) is 0 Å². The first kappa shape index (κ1) is 13.2.